The average molecular weight is 497 g/mol. The van der Waals surface area contributed by atoms with Gasteiger partial charge in [0.25, 0.3) is 10.0 Å². The van der Waals surface area contributed by atoms with Gasteiger partial charge in [-0.05, 0) is 58.0 Å². The molecule has 3 aromatic carbocycles. The Labute approximate surface area is 205 Å². The highest BCUT2D eigenvalue weighted by atomic mass is 32.2. The van der Waals surface area contributed by atoms with Gasteiger partial charge < -0.3 is 10.1 Å². The van der Waals surface area contributed by atoms with Crippen LogP contribution in [0.1, 0.15) is 43.0 Å². The molecule has 1 amide bonds. The van der Waals surface area contributed by atoms with Crippen molar-refractivity contribution in [1.29, 1.82) is 0 Å². The molecule has 1 N–H and O–H groups in total. The number of hydrogen-bond acceptors (Lipinski definition) is 4. The van der Waals surface area contributed by atoms with Crippen LogP contribution in [0.4, 0.5) is 10.1 Å². The second kappa shape index (κ2) is 9.34. The smallest absolute Gasteiger partial charge is 0.264 e. The van der Waals surface area contributed by atoms with Crippen LogP contribution < -0.4 is 14.4 Å². The zero-order valence-corrected chi connectivity index (χ0v) is 21.0. The fourth-order valence-corrected chi connectivity index (χ4v) is 5.69. The van der Waals surface area contributed by atoms with Crippen molar-refractivity contribution in [3.8, 4) is 5.75 Å². The maximum atomic E-state index is 14.7. The first-order chi connectivity index (χ1) is 16.5. The van der Waals surface area contributed by atoms with Crippen LogP contribution in [0.5, 0.6) is 5.75 Å². The molecule has 3 aromatic rings. The second-order valence-corrected chi connectivity index (χ2v) is 11.4. The van der Waals surface area contributed by atoms with Crippen LogP contribution in [0.15, 0.2) is 71.6 Å². The summed E-state index contributed by atoms with van der Waals surface area (Å²) in [5, 5.41) is 2.96. The zero-order chi connectivity index (χ0) is 25.4. The number of amides is 1. The molecule has 8 heteroatoms. The van der Waals surface area contributed by atoms with E-state index in [1.165, 1.54) is 36.4 Å². The number of sulfonamides is 1. The van der Waals surface area contributed by atoms with Gasteiger partial charge in [-0.25, -0.2) is 12.8 Å². The number of fused-ring (bicyclic) bond motifs is 1. The molecule has 0 fully saturated rings. The number of anilines is 1. The summed E-state index contributed by atoms with van der Waals surface area (Å²) in [7, 11) is -4.21. The molecule has 184 valence electrons. The summed E-state index contributed by atoms with van der Waals surface area (Å²) in [5.41, 5.74) is 2.01. The molecule has 35 heavy (non-hydrogen) atoms. The number of benzene rings is 3. The van der Waals surface area contributed by atoms with Crippen LogP contribution >= 0.6 is 0 Å². The number of hydrogen-bond donors (Lipinski definition) is 1. The quantitative estimate of drug-likeness (QED) is 0.518. The number of carbonyl (C=O) groups is 1. The average Bonchev–Trinajstić information content (AvgIpc) is 2.78. The summed E-state index contributed by atoms with van der Waals surface area (Å²) in [6.45, 7) is 7.08. The molecular formula is C27H29FN2O4S. The van der Waals surface area contributed by atoms with Gasteiger partial charge in [-0.3, -0.25) is 9.10 Å². The van der Waals surface area contributed by atoms with E-state index in [1.54, 1.807) is 12.1 Å². The van der Waals surface area contributed by atoms with Crippen molar-refractivity contribution in [2.45, 2.75) is 50.7 Å². The van der Waals surface area contributed by atoms with E-state index in [0.717, 1.165) is 21.0 Å². The molecule has 0 aliphatic carbocycles. The lowest BCUT2D eigenvalue weighted by Crippen LogP contribution is -2.45. The summed E-state index contributed by atoms with van der Waals surface area (Å²) < 4.78 is 48.7. The van der Waals surface area contributed by atoms with E-state index in [9.17, 15) is 17.6 Å². The third-order valence-corrected chi connectivity index (χ3v) is 7.75. The molecule has 6 nitrogen and oxygen atoms in total. The third kappa shape index (κ3) is 5.32. The fourth-order valence-electron chi connectivity index (χ4n) is 4.26. The SMILES string of the molecule is Cc1ccc(S(=O)(=O)N(CC(=O)NC2CC(C)(C)Oc3ccc(C)cc32)c2ccccc2F)cc1. The number of nitrogens with zero attached hydrogens (tertiary/aromatic N) is 1. The summed E-state index contributed by atoms with van der Waals surface area (Å²) in [4.78, 5) is 13.2. The van der Waals surface area contributed by atoms with Crippen LogP contribution in [0.25, 0.3) is 0 Å². The largest absolute Gasteiger partial charge is 0.487 e. The van der Waals surface area contributed by atoms with E-state index in [-0.39, 0.29) is 16.6 Å². The van der Waals surface area contributed by atoms with Crippen LogP contribution in [0, 0.1) is 19.7 Å². The highest BCUT2D eigenvalue weighted by molar-refractivity contribution is 7.92. The van der Waals surface area contributed by atoms with Gasteiger partial charge in [0.2, 0.25) is 5.91 Å². The number of nitrogens with one attached hydrogen (secondary N) is 1. The molecule has 0 saturated heterocycles. The lowest BCUT2D eigenvalue weighted by atomic mass is 9.89. The van der Waals surface area contributed by atoms with E-state index in [0.29, 0.717) is 12.2 Å². The first-order valence-corrected chi connectivity index (χ1v) is 12.8. The molecular weight excluding hydrogens is 467 g/mol. The highest BCUT2D eigenvalue weighted by Crippen LogP contribution is 2.40. The summed E-state index contributed by atoms with van der Waals surface area (Å²) in [6, 6.07) is 17.1. The number of carbonyl (C=O) groups excluding carboxylic acids is 1. The van der Waals surface area contributed by atoms with Crippen molar-refractivity contribution in [2.24, 2.45) is 0 Å². The predicted molar refractivity (Wildman–Crippen MR) is 133 cm³/mol. The van der Waals surface area contributed by atoms with Crippen molar-refractivity contribution in [3.63, 3.8) is 0 Å². The van der Waals surface area contributed by atoms with Crippen molar-refractivity contribution >= 4 is 21.6 Å². The summed E-state index contributed by atoms with van der Waals surface area (Å²) in [5.74, 6) is -0.598. The van der Waals surface area contributed by atoms with Gasteiger partial charge in [-0.1, -0.05) is 47.5 Å². The van der Waals surface area contributed by atoms with E-state index >= 15 is 0 Å². The topological polar surface area (TPSA) is 75.7 Å². The lowest BCUT2D eigenvalue weighted by Gasteiger charge is -2.38. The number of para-hydroxylation sites is 1. The van der Waals surface area contributed by atoms with E-state index in [4.69, 9.17) is 4.74 Å². The Kier molecular flexibility index (Phi) is 6.60. The lowest BCUT2D eigenvalue weighted by molar-refractivity contribution is -0.120. The predicted octanol–water partition coefficient (Wildman–Crippen LogP) is 5.06. The normalized spacial score (nSPS) is 16.7. The molecule has 1 heterocycles. The minimum absolute atomic E-state index is 0.0210. The van der Waals surface area contributed by atoms with Crippen molar-refractivity contribution in [3.05, 3.63) is 89.2 Å². The number of ether oxygens (including phenoxy) is 1. The van der Waals surface area contributed by atoms with Crippen LogP contribution in [-0.2, 0) is 14.8 Å². The van der Waals surface area contributed by atoms with Gasteiger partial charge in [-0.15, -0.1) is 0 Å². The van der Waals surface area contributed by atoms with Gasteiger partial charge in [-0.2, -0.15) is 0 Å². The minimum atomic E-state index is -4.21. The molecule has 1 aliphatic rings. The monoisotopic (exact) mass is 496 g/mol. The van der Waals surface area contributed by atoms with Crippen LogP contribution in [-0.4, -0.2) is 26.5 Å². The molecule has 0 spiro atoms. The van der Waals surface area contributed by atoms with E-state index in [2.05, 4.69) is 5.32 Å². The van der Waals surface area contributed by atoms with Crippen molar-refractivity contribution < 1.29 is 22.3 Å². The standard InChI is InChI=1S/C27H29FN2O4S/c1-18-9-12-20(13-10-18)35(32,33)30(24-8-6-5-7-22(24)28)17-26(31)29-23-16-27(3,4)34-25-14-11-19(2)15-21(23)25/h5-15,23H,16-17H2,1-4H3,(H,29,31). The zero-order valence-electron chi connectivity index (χ0n) is 20.2. The Hall–Kier alpha value is -3.39. The Morgan fingerprint density at radius 2 is 1.71 bits per heavy atom. The second-order valence-electron chi connectivity index (χ2n) is 9.50. The Balaban J connectivity index is 1.67. The number of rotatable bonds is 6. The molecule has 0 bridgehead atoms. The molecule has 0 saturated carbocycles. The Morgan fingerprint density at radius 3 is 2.40 bits per heavy atom. The maximum absolute atomic E-state index is 14.7. The molecule has 0 aromatic heterocycles. The molecule has 0 radical (unpaired) electrons. The van der Waals surface area contributed by atoms with Gasteiger partial charge in [0.15, 0.2) is 0 Å². The Morgan fingerprint density at radius 1 is 1.06 bits per heavy atom. The molecule has 1 unspecified atom stereocenters. The van der Waals surface area contributed by atoms with E-state index < -0.39 is 33.9 Å². The summed E-state index contributed by atoms with van der Waals surface area (Å²) in [6.07, 6.45) is 0.500. The van der Waals surface area contributed by atoms with Gasteiger partial charge >= 0.3 is 0 Å². The number of halogens is 1. The third-order valence-electron chi connectivity index (χ3n) is 5.98. The first-order valence-electron chi connectivity index (χ1n) is 11.4. The maximum Gasteiger partial charge on any atom is 0.264 e. The fraction of sp³-hybridized carbons (Fsp3) is 0.296. The van der Waals surface area contributed by atoms with Gasteiger partial charge in [0.05, 0.1) is 16.6 Å². The minimum Gasteiger partial charge on any atom is -0.487 e. The summed E-state index contributed by atoms with van der Waals surface area (Å²) >= 11 is 0. The molecule has 4 rings (SSSR count). The van der Waals surface area contributed by atoms with Gasteiger partial charge in [0.1, 0.15) is 23.7 Å². The Bertz CT molecular complexity index is 1350. The molecule has 1 aliphatic heterocycles. The van der Waals surface area contributed by atoms with Crippen molar-refractivity contribution in [1.82, 2.24) is 5.32 Å². The van der Waals surface area contributed by atoms with Crippen LogP contribution in [0.3, 0.4) is 0 Å². The molecule has 1 atom stereocenters. The first kappa shape index (κ1) is 24.7. The highest BCUT2D eigenvalue weighted by Gasteiger charge is 2.36. The van der Waals surface area contributed by atoms with Gasteiger partial charge in [0, 0.05) is 12.0 Å². The van der Waals surface area contributed by atoms with Crippen molar-refractivity contribution in [2.75, 3.05) is 10.8 Å². The number of aryl methyl sites for hydroxylation is 2. The van der Waals surface area contributed by atoms with E-state index in [1.807, 2.05) is 45.9 Å². The van der Waals surface area contributed by atoms with Crippen LogP contribution in [0.2, 0.25) is 0 Å².